The first-order valence-corrected chi connectivity index (χ1v) is 10.2. The number of carbonyl (C=O) groups is 2. The van der Waals surface area contributed by atoms with Crippen LogP contribution in [-0.4, -0.2) is 16.7 Å². The van der Waals surface area contributed by atoms with E-state index in [1.54, 1.807) is 18.2 Å². The number of nitrogens with zero attached hydrogens (tertiary/aromatic N) is 1. The number of rotatable bonds is 5. The highest BCUT2D eigenvalue weighted by atomic mass is 79.9. The van der Waals surface area contributed by atoms with E-state index in [9.17, 15) is 14.0 Å². The number of imide groups is 1. The Kier molecular flexibility index (Phi) is 5.50. The van der Waals surface area contributed by atoms with Gasteiger partial charge in [-0.25, -0.2) is 4.39 Å². The van der Waals surface area contributed by atoms with Gasteiger partial charge in [-0.15, -0.1) is 0 Å². The summed E-state index contributed by atoms with van der Waals surface area (Å²) in [4.78, 5) is 27.6. The molecule has 0 unspecified atom stereocenters. The monoisotopic (exact) mass is 464 g/mol. The summed E-state index contributed by atoms with van der Waals surface area (Å²) in [5, 5.41) is 3.10. The second kappa shape index (κ2) is 8.24. The van der Waals surface area contributed by atoms with E-state index in [4.69, 9.17) is 0 Å². The minimum Gasteiger partial charge on any atom is -0.350 e. The zero-order valence-electron chi connectivity index (χ0n) is 16.2. The molecule has 3 aromatic carbocycles. The Morgan fingerprint density at radius 3 is 2.37 bits per heavy atom. The number of anilines is 1. The Bertz CT molecular complexity index is 1170. The number of carbonyl (C=O) groups excluding carboxylic acids is 2. The summed E-state index contributed by atoms with van der Waals surface area (Å²) in [6, 6.07) is 20.8. The third-order valence-electron chi connectivity index (χ3n) is 4.89. The molecule has 1 aliphatic heterocycles. The zero-order valence-corrected chi connectivity index (χ0v) is 17.7. The number of hydrogen-bond acceptors (Lipinski definition) is 3. The smallest absolute Gasteiger partial charge is 0.278 e. The van der Waals surface area contributed by atoms with Crippen LogP contribution in [0.4, 0.5) is 10.1 Å². The van der Waals surface area contributed by atoms with Gasteiger partial charge in [0.1, 0.15) is 11.5 Å². The molecule has 0 bridgehead atoms. The van der Waals surface area contributed by atoms with Crippen LogP contribution >= 0.6 is 15.9 Å². The van der Waals surface area contributed by atoms with E-state index in [2.05, 4.69) is 21.2 Å². The van der Waals surface area contributed by atoms with Crippen LogP contribution in [0.5, 0.6) is 0 Å². The molecule has 6 heteroatoms. The molecule has 0 aliphatic carbocycles. The summed E-state index contributed by atoms with van der Waals surface area (Å²) in [5.74, 6) is -1.40. The molecule has 1 aliphatic rings. The van der Waals surface area contributed by atoms with Gasteiger partial charge in [0.25, 0.3) is 11.8 Å². The van der Waals surface area contributed by atoms with E-state index in [0.717, 1.165) is 14.9 Å². The van der Waals surface area contributed by atoms with Gasteiger partial charge in [-0.2, -0.15) is 0 Å². The van der Waals surface area contributed by atoms with Crippen molar-refractivity contribution in [2.75, 3.05) is 5.32 Å². The molecule has 3 aromatic rings. The quantitative estimate of drug-likeness (QED) is 0.521. The topological polar surface area (TPSA) is 49.4 Å². The second-order valence-corrected chi connectivity index (χ2v) is 7.95. The van der Waals surface area contributed by atoms with E-state index >= 15 is 0 Å². The fourth-order valence-electron chi connectivity index (χ4n) is 3.33. The molecule has 1 heterocycles. The molecule has 0 radical (unpaired) electrons. The van der Waals surface area contributed by atoms with Gasteiger partial charge in [0.15, 0.2) is 0 Å². The van der Waals surface area contributed by atoms with Gasteiger partial charge < -0.3 is 5.32 Å². The Labute approximate surface area is 182 Å². The normalized spacial score (nSPS) is 13.9. The molecular formula is C24H18BrFN2O2. The third-order valence-corrected chi connectivity index (χ3v) is 5.38. The summed E-state index contributed by atoms with van der Waals surface area (Å²) in [7, 11) is 0. The van der Waals surface area contributed by atoms with Crippen LogP contribution in [-0.2, 0) is 16.1 Å². The lowest BCUT2D eigenvalue weighted by Gasteiger charge is -2.16. The first kappa shape index (κ1) is 20.0. The molecular weight excluding hydrogens is 447 g/mol. The van der Waals surface area contributed by atoms with Crippen LogP contribution in [0.1, 0.15) is 16.7 Å². The molecule has 0 spiro atoms. The molecule has 2 amide bonds. The first-order chi connectivity index (χ1) is 14.4. The van der Waals surface area contributed by atoms with Gasteiger partial charge >= 0.3 is 0 Å². The van der Waals surface area contributed by atoms with Gasteiger partial charge in [-0.3, -0.25) is 14.5 Å². The number of halogens is 2. The lowest BCUT2D eigenvalue weighted by molar-refractivity contribution is -0.137. The van der Waals surface area contributed by atoms with Crippen molar-refractivity contribution in [2.45, 2.75) is 13.5 Å². The molecule has 0 saturated heterocycles. The average Bonchev–Trinajstić information content (AvgIpc) is 2.95. The average molecular weight is 465 g/mol. The predicted octanol–water partition coefficient (Wildman–Crippen LogP) is 5.29. The number of aryl methyl sites for hydroxylation is 1. The van der Waals surface area contributed by atoms with Crippen molar-refractivity contribution in [3.63, 3.8) is 0 Å². The van der Waals surface area contributed by atoms with E-state index in [1.165, 1.54) is 6.07 Å². The van der Waals surface area contributed by atoms with Crippen LogP contribution in [0.15, 0.2) is 83.0 Å². The maximum atomic E-state index is 14.2. The molecule has 0 atom stereocenters. The SMILES string of the molecule is Cc1ccc(C2=C(Nc3cccc(Br)c3)C(=O)N(Cc3ccccc3F)C2=O)cc1. The minimum absolute atomic E-state index is 0.136. The zero-order chi connectivity index (χ0) is 21.3. The van der Waals surface area contributed by atoms with Crippen LogP contribution in [0, 0.1) is 12.7 Å². The standard InChI is InChI=1S/C24H18BrFN2O2/c1-15-9-11-16(12-10-15)21-22(27-19-7-4-6-18(25)13-19)24(30)28(23(21)29)14-17-5-2-3-8-20(17)26/h2-13,27H,14H2,1H3. The molecule has 0 saturated carbocycles. The largest absolute Gasteiger partial charge is 0.350 e. The first-order valence-electron chi connectivity index (χ1n) is 9.37. The molecule has 30 heavy (non-hydrogen) atoms. The Hall–Kier alpha value is -3.25. The molecule has 4 nitrogen and oxygen atoms in total. The lowest BCUT2D eigenvalue weighted by atomic mass is 10.0. The van der Waals surface area contributed by atoms with Crippen LogP contribution in [0.3, 0.4) is 0 Å². The Morgan fingerprint density at radius 2 is 1.67 bits per heavy atom. The lowest BCUT2D eigenvalue weighted by Crippen LogP contribution is -2.32. The van der Waals surface area contributed by atoms with Crippen LogP contribution < -0.4 is 5.32 Å². The van der Waals surface area contributed by atoms with Crippen molar-refractivity contribution < 1.29 is 14.0 Å². The van der Waals surface area contributed by atoms with Gasteiger partial charge in [-0.1, -0.05) is 70.0 Å². The fraction of sp³-hybridized carbons (Fsp3) is 0.0833. The van der Waals surface area contributed by atoms with E-state index in [0.29, 0.717) is 11.3 Å². The summed E-state index contributed by atoms with van der Waals surface area (Å²) in [5.41, 5.74) is 3.08. The summed E-state index contributed by atoms with van der Waals surface area (Å²) in [6.45, 7) is 1.81. The van der Waals surface area contributed by atoms with Crippen molar-refractivity contribution in [3.05, 3.63) is 105 Å². The van der Waals surface area contributed by atoms with Crippen molar-refractivity contribution in [2.24, 2.45) is 0 Å². The third kappa shape index (κ3) is 3.91. The fourth-order valence-corrected chi connectivity index (χ4v) is 3.73. The molecule has 4 rings (SSSR count). The van der Waals surface area contributed by atoms with Gasteiger partial charge in [0, 0.05) is 15.7 Å². The van der Waals surface area contributed by atoms with Crippen molar-refractivity contribution >= 4 is 39.0 Å². The predicted molar refractivity (Wildman–Crippen MR) is 118 cm³/mol. The second-order valence-electron chi connectivity index (χ2n) is 7.04. The van der Waals surface area contributed by atoms with Gasteiger partial charge in [0.2, 0.25) is 0 Å². The number of hydrogen-bond donors (Lipinski definition) is 1. The highest BCUT2D eigenvalue weighted by Gasteiger charge is 2.39. The molecule has 0 aromatic heterocycles. The minimum atomic E-state index is -0.487. The van der Waals surface area contributed by atoms with Crippen molar-refractivity contribution in [3.8, 4) is 0 Å². The highest BCUT2D eigenvalue weighted by Crippen LogP contribution is 2.32. The summed E-state index contributed by atoms with van der Waals surface area (Å²) >= 11 is 3.41. The van der Waals surface area contributed by atoms with E-state index in [1.807, 2.05) is 55.5 Å². The summed E-state index contributed by atoms with van der Waals surface area (Å²) < 4.78 is 15.0. The van der Waals surface area contributed by atoms with Gasteiger partial charge in [0.05, 0.1) is 12.1 Å². The molecule has 0 fully saturated rings. The van der Waals surface area contributed by atoms with E-state index in [-0.39, 0.29) is 23.4 Å². The molecule has 1 N–H and O–H groups in total. The van der Waals surface area contributed by atoms with Crippen LogP contribution in [0.2, 0.25) is 0 Å². The Morgan fingerprint density at radius 1 is 0.933 bits per heavy atom. The number of nitrogens with one attached hydrogen (secondary N) is 1. The highest BCUT2D eigenvalue weighted by molar-refractivity contribution is 9.10. The molecule has 150 valence electrons. The van der Waals surface area contributed by atoms with Crippen LogP contribution in [0.25, 0.3) is 5.57 Å². The summed E-state index contributed by atoms with van der Waals surface area (Å²) in [6.07, 6.45) is 0. The Balaban J connectivity index is 1.76. The van der Waals surface area contributed by atoms with E-state index < -0.39 is 17.6 Å². The number of amides is 2. The number of benzene rings is 3. The maximum Gasteiger partial charge on any atom is 0.278 e. The van der Waals surface area contributed by atoms with Crippen molar-refractivity contribution in [1.82, 2.24) is 4.90 Å². The van der Waals surface area contributed by atoms with Gasteiger partial charge in [-0.05, 0) is 36.8 Å². The van der Waals surface area contributed by atoms with Crippen molar-refractivity contribution in [1.29, 1.82) is 0 Å². The maximum absolute atomic E-state index is 14.2.